The summed E-state index contributed by atoms with van der Waals surface area (Å²) in [6.07, 6.45) is 6.73. The Labute approximate surface area is 114 Å². The normalized spacial score (nSPS) is 14.9. The molecule has 0 amide bonds. The number of nitrogens with zero attached hydrogens (tertiary/aromatic N) is 3. The van der Waals surface area contributed by atoms with Crippen LogP contribution < -0.4 is 16.2 Å². The molecule has 0 radical (unpaired) electrons. The van der Waals surface area contributed by atoms with Gasteiger partial charge >= 0.3 is 0 Å². The number of hydrogen-bond donors (Lipinski definition) is 1. The van der Waals surface area contributed by atoms with Crippen molar-refractivity contribution >= 4 is 5.82 Å². The van der Waals surface area contributed by atoms with Gasteiger partial charge in [0.2, 0.25) is 0 Å². The lowest BCUT2D eigenvalue weighted by Crippen LogP contribution is -2.36. The number of nitrogens with two attached hydrogens (primary N) is 1. The fourth-order valence-electron chi connectivity index (χ4n) is 2.28. The monoisotopic (exact) mass is 264 g/mol. The number of rotatable bonds is 7. The molecule has 1 aromatic rings. The third kappa shape index (κ3) is 3.56. The molecule has 0 unspecified atom stereocenters. The van der Waals surface area contributed by atoms with Gasteiger partial charge in [0, 0.05) is 31.5 Å². The minimum atomic E-state index is 0.0279. The van der Waals surface area contributed by atoms with Crippen molar-refractivity contribution in [3.63, 3.8) is 0 Å². The van der Waals surface area contributed by atoms with Crippen molar-refractivity contribution in [1.29, 1.82) is 0 Å². The molecule has 106 valence electrons. The minimum absolute atomic E-state index is 0.0279. The molecule has 1 aliphatic carbocycles. The molecule has 0 aliphatic heterocycles. The first-order valence-corrected chi connectivity index (χ1v) is 7.15. The Balaban J connectivity index is 2.24. The first-order chi connectivity index (χ1) is 9.13. The standard InChI is InChI=1S/C14H24N4O/c1-11(2)10-17-9-7-16-13(14(17)19)18(8-3-6-15)12-4-5-12/h7,9,11-12H,3-6,8,10,15H2,1-2H3. The van der Waals surface area contributed by atoms with Crippen LogP contribution in [-0.4, -0.2) is 28.7 Å². The summed E-state index contributed by atoms with van der Waals surface area (Å²) in [5, 5.41) is 0. The second kappa shape index (κ2) is 6.19. The van der Waals surface area contributed by atoms with E-state index in [0.717, 1.165) is 32.4 Å². The van der Waals surface area contributed by atoms with Crippen molar-refractivity contribution < 1.29 is 0 Å². The second-order valence-corrected chi connectivity index (χ2v) is 5.67. The molecule has 0 saturated heterocycles. The lowest BCUT2D eigenvalue weighted by Gasteiger charge is -2.23. The maximum Gasteiger partial charge on any atom is 0.293 e. The SMILES string of the molecule is CC(C)Cn1ccnc(N(CCCN)C2CC2)c1=O. The van der Waals surface area contributed by atoms with E-state index < -0.39 is 0 Å². The zero-order valence-corrected chi connectivity index (χ0v) is 11.9. The Morgan fingerprint density at radius 3 is 2.84 bits per heavy atom. The molecular weight excluding hydrogens is 240 g/mol. The van der Waals surface area contributed by atoms with E-state index in [-0.39, 0.29) is 5.56 Å². The van der Waals surface area contributed by atoms with E-state index in [0.29, 0.717) is 24.3 Å². The summed E-state index contributed by atoms with van der Waals surface area (Å²) in [4.78, 5) is 18.9. The van der Waals surface area contributed by atoms with Crippen LogP contribution in [0.3, 0.4) is 0 Å². The molecule has 19 heavy (non-hydrogen) atoms. The largest absolute Gasteiger partial charge is 0.349 e. The average Bonchev–Trinajstić information content (AvgIpc) is 3.18. The van der Waals surface area contributed by atoms with Crippen molar-refractivity contribution in [2.75, 3.05) is 18.0 Å². The van der Waals surface area contributed by atoms with Crippen molar-refractivity contribution in [1.82, 2.24) is 9.55 Å². The van der Waals surface area contributed by atoms with Crippen LogP contribution >= 0.6 is 0 Å². The van der Waals surface area contributed by atoms with Crippen LogP contribution in [0.4, 0.5) is 5.82 Å². The quantitative estimate of drug-likeness (QED) is 0.804. The lowest BCUT2D eigenvalue weighted by atomic mass is 10.2. The molecule has 1 heterocycles. The molecule has 1 aliphatic rings. The molecule has 2 N–H and O–H groups in total. The number of aromatic nitrogens is 2. The fourth-order valence-corrected chi connectivity index (χ4v) is 2.28. The molecule has 1 aromatic heterocycles. The fraction of sp³-hybridized carbons (Fsp3) is 0.714. The summed E-state index contributed by atoms with van der Waals surface area (Å²) >= 11 is 0. The number of hydrogen-bond acceptors (Lipinski definition) is 4. The summed E-state index contributed by atoms with van der Waals surface area (Å²) in [5.74, 6) is 1.05. The van der Waals surface area contributed by atoms with Crippen LogP contribution in [0.5, 0.6) is 0 Å². The van der Waals surface area contributed by atoms with E-state index >= 15 is 0 Å². The molecule has 5 heteroatoms. The van der Waals surface area contributed by atoms with Crippen molar-refractivity contribution in [2.45, 2.75) is 45.7 Å². The zero-order chi connectivity index (χ0) is 13.8. The van der Waals surface area contributed by atoms with Crippen LogP contribution in [0.15, 0.2) is 17.2 Å². The predicted octanol–water partition coefficient (Wildman–Crippen LogP) is 1.22. The smallest absolute Gasteiger partial charge is 0.293 e. The maximum absolute atomic E-state index is 12.5. The van der Waals surface area contributed by atoms with Gasteiger partial charge in [-0.05, 0) is 31.7 Å². The highest BCUT2D eigenvalue weighted by molar-refractivity contribution is 5.39. The van der Waals surface area contributed by atoms with E-state index in [4.69, 9.17) is 5.73 Å². The Bertz CT molecular complexity index is 465. The molecule has 0 atom stereocenters. The first-order valence-electron chi connectivity index (χ1n) is 7.15. The average molecular weight is 264 g/mol. The van der Waals surface area contributed by atoms with Gasteiger partial charge in [-0.2, -0.15) is 0 Å². The highest BCUT2D eigenvalue weighted by atomic mass is 16.1. The van der Waals surface area contributed by atoms with Crippen LogP contribution in [0.2, 0.25) is 0 Å². The van der Waals surface area contributed by atoms with Gasteiger partial charge in [0.05, 0.1) is 0 Å². The summed E-state index contributed by atoms with van der Waals surface area (Å²) in [5.41, 5.74) is 5.61. The zero-order valence-electron chi connectivity index (χ0n) is 11.9. The molecule has 5 nitrogen and oxygen atoms in total. The van der Waals surface area contributed by atoms with Gasteiger partial charge in [-0.25, -0.2) is 4.98 Å². The van der Waals surface area contributed by atoms with E-state index in [1.54, 1.807) is 17.0 Å². The molecule has 1 saturated carbocycles. The Morgan fingerprint density at radius 2 is 2.26 bits per heavy atom. The van der Waals surface area contributed by atoms with Gasteiger partial charge in [-0.15, -0.1) is 0 Å². The van der Waals surface area contributed by atoms with Crippen LogP contribution in [0, 0.1) is 5.92 Å². The molecule has 0 spiro atoms. The molecular formula is C14H24N4O. The summed E-state index contributed by atoms with van der Waals surface area (Å²) in [6, 6.07) is 0.488. The van der Waals surface area contributed by atoms with Crippen molar-refractivity contribution in [3.8, 4) is 0 Å². The highest BCUT2D eigenvalue weighted by Gasteiger charge is 2.31. The molecule has 0 bridgehead atoms. The van der Waals surface area contributed by atoms with Crippen molar-refractivity contribution in [3.05, 3.63) is 22.7 Å². The topological polar surface area (TPSA) is 64.2 Å². The molecule has 0 aromatic carbocycles. The van der Waals surface area contributed by atoms with Crippen molar-refractivity contribution in [2.24, 2.45) is 11.7 Å². The van der Waals surface area contributed by atoms with Crippen LogP contribution in [0.25, 0.3) is 0 Å². The maximum atomic E-state index is 12.5. The van der Waals surface area contributed by atoms with Gasteiger partial charge in [-0.3, -0.25) is 4.79 Å². The Hall–Kier alpha value is -1.36. The molecule has 2 rings (SSSR count). The van der Waals surface area contributed by atoms with Gasteiger partial charge < -0.3 is 15.2 Å². The van der Waals surface area contributed by atoms with Gasteiger partial charge in [0.15, 0.2) is 5.82 Å². The summed E-state index contributed by atoms with van der Waals surface area (Å²) in [6.45, 7) is 6.44. The Morgan fingerprint density at radius 1 is 1.53 bits per heavy atom. The van der Waals surface area contributed by atoms with Crippen LogP contribution in [0.1, 0.15) is 33.1 Å². The summed E-state index contributed by atoms with van der Waals surface area (Å²) in [7, 11) is 0. The predicted molar refractivity (Wildman–Crippen MR) is 77.4 cm³/mol. The lowest BCUT2D eigenvalue weighted by molar-refractivity contribution is 0.507. The van der Waals surface area contributed by atoms with E-state index in [9.17, 15) is 4.79 Å². The third-order valence-electron chi connectivity index (χ3n) is 3.32. The van der Waals surface area contributed by atoms with E-state index in [1.807, 2.05) is 0 Å². The van der Waals surface area contributed by atoms with E-state index in [2.05, 4.69) is 23.7 Å². The first kappa shape index (κ1) is 14.1. The third-order valence-corrected chi connectivity index (χ3v) is 3.32. The highest BCUT2D eigenvalue weighted by Crippen LogP contribution is 2.29. The van der Waals surface area contributed by atoms with Gasteiger partial charge in [0.1, 0.15) is 0 Å². The minimum Gasteiger partial charge on any atom is -0.349 e. The van der Waals surface area contributed by atoms with E-state index in [1.165, 1.54) is 0 Å². The number of anilines is 1. The summed E-state index contributed by atoms with van der Waals surface area (Å²) < 4.78 is 1.77. The van der Waals surface area contributed by atoms with Gasteiger partial charge in [-0.1, -0.05) is 13.8 Å². The van der Waals surface area contributed by atoms with Gasteiger partial charge in [0.25, 0.3) is 5.56 Å². The second-order valence-electron chi connectivity index (χ2n) is 5.67. The Kier molecular flexibility index (Phi) is 4.58. The molecule has 1 fully saturated rings. The van der Waals surface area contributed by atoms with Crippen LogP contribution in [-0.2, 0) is 6.54 Å².